The van der Waals surface area contributed by atoms with E-state index in [2.05, 4.69) is 0 Å². The Kier molecular flexibility index (Phi) is 5.01. The van der Waals surface area contributed by atoms with Gasteiger partial charge in [0, 0.05) is 31.2 Å². The molecule has 1 aromatic rings. The Hall–Kier alpha value is -2.06. The summed E-state index contributed by atoms with van der Waals surface area (Å²) in [5.74, 6) is -2.82. The highest BCUT2D eigenvalue weighted by Crippen LogP contribution is 2.27. The summed E-state index contributed by atoms with van der Waals surface area (Å²) in [6.45, 7) is 1.29. The second kappa shape index (κ2) is 7.05. The molecule has 136 valence electrons. The second-order valence-corrected chi connectivity index (χ2v) is 6.66. The first-order valence-corrected chi connectivity index (χ1v) is 8.34. The number of amides is 2. The van der Waals surface area contributed by atoms with Crippen LogP contribution in [0.1, 0.15) is 29.6 Å². The maximum atomic E-state index is 13.3. The van der Waals surface area contributed by atoms with Crippen molar-refractivity contribution in [3.05, 3.63) is 35.4 Å². The molecule has 8 heteroatoms. The molecular formula is C17H21F2N3O3. The molecule has 0 radical (unpaired) electrons. The zero-order chi connectivity index (χ0) is 18.1. The number of piperidine rings is 1. The molecule has 2 aliphatic rings. The molecule has 0 aliphatic carbocycles. The van der Waals surface area contributed by atoms with Gasteiger partial charge >= 0.3 is 0 Å². The minimum absolute atomic E-state index is 0.0589. The lowest BCUT2D eigenvalue weighted by atomic mass is 10.0. The Balaban J connectivity index is 1.62. The lowest BCUT2D eigenvalue weighted by Crippen LogP contribution is -2.51. The molecular weight excluding hydrogens is 332 g/mol. The maximum absolute atomic E-state index is 13.3. The van der Waals surface area contributed by atoms with E-state index in [1.165, 1.54) is 6.07 Å². The number of halogens is 2. The maximum Gasteiger partial charge on any atom is 0.253 e. The van der Waals surface area contributed by atoms with Gasteiger partial charge in [0.2, 0.25) is 5.91 Å². The van der Waals surface area contributed by atoms with Gasteiger partial charge in [0.05, 0.1) is 12.1 Å². The number of nitrogens with two attached hydrogens (primary N) is 1. The van der Waals surface area contributed by atoms with Crippen LogP contribution in [0.2, 0.25) is 0 Å². The summed E-state index contributed by atoms with van der Waals surface area (Å²) in [7, 11) is 0. The highest BCUT2D eigenvalue weighted by atomic mass is 19.2. The van der Waals surface area contributed by atoms with Crippen LogP contribution in [0, 0.1) is 11.6 Å². The number of β-amino-alcohol motifs (C(OH)–C–C–N with tert-alkyl or cyclic N) is 1. The Labute approximate surface area is 144 Å². The largest absolute Gasteiger partial charge is 0.392 e. The van der Waals surface area contributed by atoms with Crippen molar-refractivity contribution in [2.75, 3.05) is 19.6 Å². The van der Waals surface area contributed by atoms with Gasteiger partial charge in [-0.1, -0.05) is 0 Å². The summed E-state index contributed by atoms with van der Waals surface area (Å²) >= 11 is 0. The van der Waals surface area contributed by atoms with Crippen LogP contribution in [0.4, 0.5) is 8.78 Å². The first-order chi connectivity index (χ1) is 11.9. The molecule has 2 atom stereocenters. The average molecular weight is 353 g/mol. The molecule has 1 aromatic carbocycles. The van der Waals surface area contributed by atoms with Gasteiger partial charge in [0.15, 0.2) is 11.6 Å². The van der Waals surface area contributed by atoms with Crippen molar-refractivity contribution in [1.82, 2.24) is 9.80 Å². The van der Waals surface area contributed by atoms with Gasteiger partial charge in [0.1, 0.15) is 0 Å². The van der Waals surface area contributed by atoms with Crippen molar-refractivity contribution in [3.8, 4) is 0 Å². The molecule has 0 bridgehead atoms. The number of hydrogen-bond acceptors (Lipinski definition) is 4. The third-order valence-electron chi connectivity index (χ3n) is 5.03. The van der Waals surface area contributed by atoms with E-state index in [1.807, 2.05) is 4.90 Å². The quantitative estimate of drug-likeness (QED) is 0.828. The van der Waals surface area contributed by atoms with Crippen molar-refractivity contribution in [3.63, 3.8) is 0 Å². The van der Waals surface area contributed by atoms with Crippen LogP contribution in [0.5, 0.6) is 0 Å². The van der Waals surface area contributed by atoms with Gasteiger partial charge in [-0.05, 0) is 37.5 Å². The Morgan fingerprint density at radius 3 is 2.44 bits per heavy atom. The molecule has 2 heterocycles. The molecule has 3 rings (SSSR count). The SMILES string of the molecule is NC(=O)[C@@H]1C[C@@H](O)CN1C1CCN(C(=O)c2ccc(F)c(F)c2)CC1. The third-order valence-corrected chi connectivity index (χ3v) is 5.03. The second-order valence-electron chi connectivity index (χ2n) is 6.66. The van der Waals surface area contributed by atoms with Crippen molar-refractivity contribution in [2.24, 2.45) is 5.73 Å². The molecule has 2 saturated heterocycles. The monoisotopic (exact) mass is 353 g/mol. The average Bonchev–Trinajstić information content (AvgIpc) is 2.99. The standard InChI is InChI=1S/C17H21F2N3O3/c18-13-2-1-10(7-14(13)19)17(25)21-5-3-11(4-6-21)22-9-12(23)8-15(22)16(20)24/h1-2,7,11-12,15,23H,3-6,8-9H2,(H2,20,24)/t12-,15+/m1/s1. The lowest BCUT2D eigenvalue weighted by Gasteiger charge is -2.38. The number of hydrogen-bond donors (Lipinski definition) is 2. The first kappa shape index (κ1) is 17.8. The van der Waals surface area contributed by atoms with Gasteiger partial charge in [-0.15, -0.1) is 0 Å². The number of aliphatic hydroxyl groups is 1. The van der Waals surface area contributed by atoms with Gasteiger partial charge in [-0.25, -0.2) is 8.78 Å². The van der Waals surface area contributed by atoms with E-state index in [0.29, 0.717) is 38.9 Å². The van der Waals surface area contributed by atoms with E-state index in [1.54, 1.807) is 4.90 Å². The minimum atomic E-state index is -1.05. The molecule has 0 spiro atoms. The van der Waals surface area contributed by atoms with Gasteiger partial charge in [-0.3, -0.25) is 14.5 Å². The van der Waals surface area contributed by atoms with Gasteiger partial charge in [-0.2, -0.15) is 0 Å². The zero-order valence-corrected chi connectivity index (χ0v) is 13.7. The lowest BCUT2D eigenvalue weighted by molar-refractivity contribution is -0.123. The molecule has 2 amide bonds. The van der Waals surface area contributed by atoms with Crippen LogP contribution < -0.4 is 5.73 Å². The molecule has 3 N–H and O–H groups in total. The number of carbonyl (C=O) groups is 2. The molecule has 2 fully saturated rings. The van der Waals surface area contributed by atoms with Gasteiger partial charge in [0.25, 0.3) is 5.91 Å². The number of likely N-dealkylation sites (tertiary alicyclic amines) is 2. The minimum Gasteiger partial charge on any atom is -0.392 e. The number of carbonyl (C=O) groups excluding carboxylic acids is 2. The number of primary amides is 1. The fourth-order valence-electron chi connectivity index (χ4n) is 3.73. The van der Waals surface area contributed by atoms with E-state index in [4.69, 9.17) is 5.73 Å². The summed E-state index contributed by atoms with van der Waals surface area (Å²) < 4.78 is 26.3. The Morgan fingerprint density at radius 1 is 1.16 bits per heavy atom. The van der Waals surface area contributed by atoms with E-state index >= 15 is 0 Å². The summed E-state index contributed by atoms with van der Waals surface area (Å²) in [6, 6.07) is 2.70. The van der Waals surface area contributed by atoms with Crippen LogP contribution in [-0.2, 0) is 4.79 Å². The van der Waals surface area contributed by atoms with E-state index < -0.39 is 29.7 Å². The Bertz CT molecular complexity index is 677. The number of rotatable bonds is 3. The summed E-state index contributed by atoms with van der Waals surface area (Å²) in [4.78, 5) is 27.5. The van der Waals surface area contributed by atoms with Crippen LogP contribution in [0.15, 0.2) is 18.2 Å². The van der Waals surface area contributed by atoms with E-state index in [0.717, 1.165) is 12.1 Å². The third kappa shape index (κ3) is 3.64. The number of aliphatic hydroxyl groups excluding tert-OH is 1. The molecule has 6 nitrogen and oxygen atoms in total. The normalized spacial score (nSPS) is 25.3. The summed E-state index contributed by atoms with van der Waals surface area (Å²) in [5, 5.41) is 9.81. The summed E-state index contributed by atoms with van der Waals surface area (Å²) in [6.07, 6.45) is 1.03. The predicted octanol–water partition coefficient (Wildman–Crippen LogP) is 0.490. The smallest absolute Gasteiger partial charge is 0.253 e. The molecule has 0 saturated carbocycles. The Morgan fingerprint density at radius 2 is 1.84 bits per heavy atom. The van der Waals surface area contributed by atoms with Crippen molar-refractivity contribution in [2.45, 2.75) is 37.5 Å². The number of benzene rings is 1. The van der Waals surface area contributed by atoms with E-state index in [9.17, 15) is 23.5 Å². The zero-order valence-electron chi connectivity index (χ0n) is 13.7. The van der Waals surface area contributed by atoms with Crippen LogP contribution >= 0.6 is 0 Å². The van der Waals surface area contributed by atoms with Crippen molar-refractivity contribution in [1.29, 1.82) is 0 Å². The van der Waals surface area contributed by atoms with Crippen LogP contribution in [0.25, 0.3) is 0 Å². The first-order valence-electron chi connectivity index (χ1n) is 8.34. The van der Waals surface area contributed by atoms with E-state index in [-0.39, 0.29) is 17.5 Å². The molecule has 2 aliphatic heterocycles. The van der Waals surface area contributed by atoms with Crippen molar-refractivity contribution >= 4 is 11.8 Å². The molecule has 25 heavy (non-hydrogen) atoms. The molecule has 0 aromatic heterocycles. The fraction of sp³-hybridized carbons (Fsp3) is 0.529. The van der Waals surface area contributed by atoms with Crippen LogP contribution in [-0.4, -0.2) is 64.5 Å². The predicted molar refractivity (Wildman–Crippen MR) is 85.6 cm³/mol. The number of nitrogens with zero attached hydrogens (tertiary/aromatic N) is 2. The fourth-order valence-corrected chi connectivity index (χ4v) is 3.73. The van der Waals surface area contributed by atoms with Gasteiger partial charge < -0.3 is 15.7 Å². The van der Waals surface area contributed by atoms with Crippen LogP contribution in [0.3, 0.4) is 0 Å². The van der Waals surface area contributed by atoms with Crippen molar-refractivity contribution < 1.29 is 23.5 Å². The topological polar surface area (TPSA) is 86.9 Å². The highest BCUT2D eigenvalue weighted by molar-refractivity contribution is 5.94. The molecule has 0 unspecified atom stereocenters. The highest BCUT2D eigenvalue weighted by Gasteiger charge is 2.40. The summed E-state index contributed by atoms with van der Waals surface area (Å²) in [5.41, 5.74) is 5.53.